The van der Waals surface area contributed by atoms with Gasteiger partial charge in [-0.25, -0.2) is 9.69 Å². The first-order chi connectivity index (χ1) is 17.4. The minimum absolute atomic E-state index is 0.0439. The van der Waals surface area contributed by atoms with Crippen LogP contribution in [0.4, 0.5) is 10.5 Å². The number of halogens is 2. The Labute approximate surface area is 222 Å². The van der Waals surface area contributed by atoms with Gasteiger partial charge in [0.05, 0.1) is 0 Å². The Morgan fingerprint density at radius 2 is 1.81 bits per heavy atom. The van der Waals surface area contributed by atoms with Crippen LogP contribution in [0.5, 0.6) is 5.75 Å². The van der Waals surface area contributed by atoms with E-state index in [1.807, 2.05) is 49.4 Å². The second kappa shape index (κ2) is 11.4. The van der Waals surface area contributed by atoms with Crippen molar-refractivity contribution in [3.63, 3.8) is 0 Å². The molecular formula is C27H23BrClN3O4. The molecule has 4 amide bonds. The Bertz CT molecular complexity index is 1360. The predicted octanol–water partition coefficient (Wildman–Crippen LogP) is 5.78. The summed E-state index contributed by atoms with van der Waals surface area (Å²) in [7, 11) is 0. The summed E-state index contributed by atoms with van der Waals surface area (Å²) in [6.45, 7) is 1.80. The van der Waals surface area contributed by atoms with Gasteiger partial charge in [0.1, 0.15) is 24.6 Å². The quantitative estimate of drug-likeness (QED) is 0.267. The Hall–Kier alpha value is -3.62. The molecule has 184 valence electrons. The largest absolute Gasteiger partial charge is 0.488 e. The normalized spacial score (nSPS) is 14.2. The Morgan fingerprint density at radius 1 is 1.08 bits per heavy atom. The van der Waals surface area contributed by atoms with Crippen LogP contribution in [0.25, 0.3) is 6.08 Å². The van der Waals surface area contributed by atoms with Crippen molar-refractivity contribution < 1.29 is 19.1 Å². The van der Waals surface area contributed by atoms with Crippen molar-refractivity contribution in [2.75, 3.05) is 11.9 Å². The van der Waals surface area contributed by atoms with Crippen LogP contribution in [0.15, 0.2) is 76.9 Å². The fraction of sp³-hybridized carbons (Fsp3) is 0.148. The lowest BCUT2D eigenvalue weighted by atomic mass is 10.1. The Balaban J connectivity index is 1.49. The summed E-state index contributed by atoms with van der Waals surface area (Å²) >= 11 is 9.65. The van der Waals surface area contributed by atoms with Crippen molar-refractivity contribution in [3.8, 4) is 5.75 Å². The number of benzene rings is 3. The van der Waals surface area contributed by atoms with Gasteiger partial charge >= 0.3 is 6.03 Å². The molecule has 1 aliphatic heterocycles. The minimum atomic E-state index is -0.668. The molecule has 2 N–H and O–H groups in total. The molecule has 3 aromatic carbocycles. The molecule has 4 rings (SSSR count). The zero-order chi connectivity index (χ0) is 25.7. The molecule has 1 aliphatic rings. The van der Waals surface area contributed by atoms with Crippen molar-refractivity contribution in [2.24, 2.45) is 0 Å². The third-order valence-corrected chi connectivity index (χ3v) is 6.41. The van der Waals surface area contributed by atoms with Gasteiger partial charge in [-0.3, -0.25) is 9.59 Å². The first-order valence-electron chi connectivity index (χ1n) is 11.2. The third kappa shape index (κ3) is 5.95. The average Bonchev–Trinajstić information content (AvgIpc) is 3.12. The van der Waals surface area contributed by atoms with Crippen molar-refractivity contribution in [2.45, 2.75) is 20.0 Å². The van der Waals surface area contributed by atoms with Crippen LogP contribution in [-0.4, -0.2) is 29.3 Å². The van der Waals surface area contributed by atoms with Crippen LogP contribution < -0.4 is 15.4 Å². The lowest BCUT2D eigenvalue weighted by Crippen LogP contribution is -2.38. The number of urea groups is 1. The van der Waals surface area contributed by atoms with Gasteiger partial charge in [0, 0.05) is 26.3 Å². The van der Waals surface area contributed by atoms with Crippen LogP contribution in [-0.2, 0) is 22.6 Å². The monoisotopic (exact) mass is 567 g/mol. The van der Waals surface area contributed by atoms with Gasteiger partial charge in [-0.05, 0) is 48.4 Å². The maximum Gasteiger partial charge on any atom is 0.329 e. The van der Waals surface area contributed by atoms with E-state index in [4.69, 9.17) is 16.3 Å². The van der Waals surface area contributed by atoms with E-state index in [1.165, 1.54) is 6.08 Å². The van der Waals surface area contributed by atoms with E-state index in [2.05, 4.69) is 26.6 Å². The van der Waals surface area contributed by atoms with Crippen LogP contribution in [0.1, 0.15) is 23.6 Å². The first-order valence-corrected chi connectivity index (χ1v) is 12.4. The van der Waals surface area contributed by atoms with Gasteiger partial charge in [-0.2, -0.15) is 0 Å². The van der Waals surface area contributed by atoms with Crippen molar-refractivity contribution in [1.29, 1.82) is 0 Å². The number of ether oxygens (including phenoxy) is 1. The molecule has 7 nitrogen and oxygen atoms in total. The summed E-state index contributed by atoms with van der Waals surface area (Å²) in [6.07, 6.45) is 2.26. The number of nitrogens with zero attached hydrogens (tertiary/aromatic N) is 1. The highest BCUT2D eigenvalue weighted by atomic mass is 79.9. The molecule has 0 aliphatic carbocycles. The average molecular weight is 569 g/mol. The van der Waals surface area contributed by atoms with Gasteiger partial charge in [-0.1, -0.05) is 70.9 Å². The summed E-state index contributed by atoms with van der Waals surface area (Å²) in [6, 6.07) is 19.4. The highest BCUT2D eigenvalue weighted by molar-refractivity contribution is 9.10. The summed E-state index contributed by atoms with van der Waals surface area (Å²) < 4.78 is 6.73. The number of carbonyl (C=O) groups excluding carboxylic acids is 3. The topological polar surface area (TPSA) is 87.7 Å². The van der Waals surface area contributed by atoms with Gasteiger partial charge < -0.3 is 15.4 Å². The van der Waals surface area contributed by atoms with E-state index in [9.17, 15) is 14.4 Å². The zero-order valence-electron chi connectivity index (χ0n) is 19.4. The first kappa shape index (κ1) is 25.5. The van der Waals surface area contributed by atoms with Crippen LogP contribution >= 0.6 is 27.5 Å². The van der Waals surface area contributed by atoms with Gasteiger partial charge in [0.25, 0.3) is 5.91 Å². The van der Waals surface area contributed by atoms with Gasteiger partial charge in [0.15, 0.2) is 0 Å². The number of imide groups is 1. The van der Waals surface area contributed by atoms with E-state index >= 15 is 0 Å². The Morgan fingerprint density at radius 3 is 2.56 bits per heavy atom. The van der Waals surface area contributed by atoms with E-state index in [-0.39, 0.29) is 12.3 Å². The third-order valence-electron chi connectivity index (χ3n) is 5.55. The smallest absolute Gasteiger partial charge is 0.329 e. The van der Waals surface area contributed by atoms with Crippen molar-refractivity contribution in [1.82, 2.24) is 10.2 Å². The molecule has 9 heteroatoms. The zero-order valence-corrected chi connectivity index (χ0v) is 21.7. The van der Waals surface area contributed by atoms with Gasteiger partial charge in [-0.15, -0.1) is 0 Å². The number of anilines is 1. The summed E-state index contributed by atoms with van der Waals surface area (Å²) in [5.74, 6) is -0.567. The molecule has 0 atom stereocenters. The van der Waals surface area contributed by atoms with Crippen LogP contribution in [0.2, 0.25) is 5.02 Å². The van der Waals surface area contributed by atoms with Crippen molar-refractivity contribution in [3.05, 3.63) is 98.6 Å². The molecule has 0 spiro atoms. The molecule has 0 aromatic heterocycles. The molecule has 1 saturated heterocycles. The highest BCUT2D eigenvalue weighted by Gasteiger charge is 2.35. The molecule has 1 fully saturated rings. The maximum atomic E-state index is 13.0. The number of para-hydroxylation sites is 1. The van der Waals surface area contributed by atoms with Crippen LogP contribution in [0.3, 0.4) is 0 Å². The number of nitrogens with one attached hydrogen (secondary N) is 2. The van der Waals surface area contributed by atoms with E-state index in [0.717, 1.165) is 26.9 Å². The lowest BCUT2D eigenvalue weighted by molar-refractivity contribution is -0.127. The van der Waals surface area contributed by atoms with Crippen LogP contribution in [0, 0.1) is 0 Å². The fourth-order valence-electron chi connectivity index (χ4n) is 3.69. The molecule has 0 unspecified atom stereocenters. The van der Waals surface area contributed by atoms with E-state index in [0.29, 0.717) is 22.0 Å². The van der Waals surface area contributed by atoms with E-state index in [1.54, 1.807) is 24.3 Å². The highest BCUT2D eigenvalue weighted by Crippen LogP contribution is 2.28. The second-order valence-corrected chi connectivity index (χ2v) is 9.32. The molecule has 36 heavy (non-hydrogen) atoms. The molecular weight excluding hydrogens is 546 g/mol. The molecule has 0 saturated carbocycles. The number of hydrogen-bond acceptors (Lipinski definition) is 4. The summed E-state index contributed by atoms with van der Waals surface area (Å²) in [4.78, 5) is 39.0. The lowest BCUT2D eigenvalue weighted by Gasteiger charge is -2.14. The fourth-order valence-corrected chi connectivity index (χ4v) is 4.26. The summed E-state index contributed by atoms with van der Waals surface area (Å²) in [5.41, 5.74) is 3.04. The van der Waals surface area contributed by atoms with Gasteiger partial charge in [0.2, 0.25) is 5.91 Å². The molecule has 1 heterocycles. The number of rotatable bonds is 8. The second-order valence-electron chi connectivity index (χ2n) is 8.00. The van der Waals surface area contributed by atoms with Crippen molar-refractivity contribution >= 4 is 57.1 Å². The van der Waals surface area contributed by atoms with E-state index < -0.39 is 24.4 Å². The molecule has 0 bridgehead atoms. The SMILES string of the molecule is CCc1ccccc1NC(=O)CN1C(=O)N/C(=C/c2cc(Br)ccc2OCc2ccccc2Cl)C1=O. The number of amides is 4. The standard InChI is InChI=1S/C27H23BrClN3O4/c1-2-17-7-4-6-10-22(17)30-25(33)15-32-26(34)23(31-27(32)35)14-19-13-20(28)11-12-24(19)36-16-18-8-3-5-9-21(18)29/h3-14H,2,15-16H2,1H3,(H,30,33)(H,31,35)/b23-14+. The Kier molecular flexibility index (Phi) is 8.07. The molecule has 0 radical (unpaired) electrons. The number of carbonyl (C=O) groups is 3. The number of aryl methyl sites for hydroxylation is 1. The maximum absolute atomic E-state index is 13.0. The molecule has 3 aromatic rings. The minimum Gasteiger partial charge on any atom is -0.488 e. The number of hydrogen-bond donors (Lipinski definition) is 2. The summed E-state index contributed by atoms with van der Waals surface area (Å²) in [5, 5.41) is 5.91. The predicted molar refractivity (Wildman–Crippen MR) is 143 cm³/mol.